The van der Waals surface area contributed by atoms with Crippen LogP contribution in [0.1, 0.15) is 19.3 Å². The highest BCUT2D eigenvalue weighted by molar-refractivity contribution is 5.93. The lowest BCUT2D eigenvalue weighted by Gasteiger charge is -2.27. The lowest BCUT2D eigenvalue weighted by molar-refractivity contribution is -0.153. The topological polar surface area (TPSA) is 64.4 Å². The van der Waals surface area contributed by atoms with Gasteiger partial charge in [0.1, 0.15) is 5.75 Å². The molecule has 8 heteroatoms. The number of ether oxygens (including phenoxy) is 1. The Bertz CT molecular complexity index is 595. The van der Waals surface area contributed by atoms with E-state index in [0.29, 0.717) is 17.5 Å². The lowest BCUT2D eigenvalue weighted by Crippen LogP contribution is -2.42. The Hall–Kier alpha value is -1.47. The number of fused-ring (bicyclic) bond motifs is 2. The molecule has 3 N–H and O–H groups in total. The van der Waals surface area contributed by atoms with E-state index in [2.05, 4.69) is 10.1 Å². The van der Waals surface area contributed by atoms with Gasteiger partial charge in [-0.1, -0.05) is 6.07 Å². The molecule has 4 atom stereocenters. The molecule has 134 valence electrons. The van der Waals surface area contributed by atoms with E-state index in [-0.39, 0.29) is 36.0 Å². The van der Waals surface area contributed by atoms with Crippen LogP contribution in [0.15, 0.2) is 24.3 Å². The Balaban J connectivity index is 0.00000208. The predicted molar refractivity (Wildman–Crippen MR) is 86.2 cm³/mol. The van der Waals surface area contributed by atoms with Crippen molar-refractivity contribution in [1.82, 2.24) is 0 Å². The van der Waals surface area contributed by atoms with Crippen molar-refractivity contribution in [2.45, 2.75) is 31.5 Å². The number of amides is 1. The minimum atomic E-state index is -4.39. The fourth-order valence-corrected chi connectivity index (χ4v) is 3.78. The predicted octanol–water partition coefficient (Wildman–Crippen LogP) is 3.36. The Morgan fingerprint density at radius 1 is 1.29 bits per heavy atom. The molecule has 2 saturated carbocycles. The molecule has 0 radical (unpaired) electrons. The van der Waals surface area contributed by atoms with Crippen LogP contribution in [0, 0.1) is 17.8 Å². The zero-order chi connectivity index (χ0) is 16.6. The zero-order valence-corrected chi connectivity index (χ0v) is 13.7. The maximum atomic E-state index is 12.4. The number of alkyl halides is 3. The third kappa shape index (κ3) is 4.13. The first-order valence-electron chi connectivity index (χ1n) is 7.69. The second-order valence-electron chi connectivity index (χ2n) is 6.36. The maximum Gasteiger partial charge on any atom is 0.422 e. The summed E-state index contributed by atoms with van der Waals surface area (Å²) in [6, 6.07) is 5.85. The molecule has 1 amide bonds. The summed E-state index contributed by atoms with van der Waals surface area (Å²) < 4.78 is 41.2. The summed E-state index contributed by atoms with van der Waals surface area (Å²) in [5, 5.41) is 2.76. The van der Waals surface area contributed by atoms with Crippen LogP contribution in [0.4, 0.5) is 18.9 Å². The van der Waals surface area contributed by atoms with Gasteiger partial charge in [-0.3, -0.25) is 4.79 Å². The van der Waals surface area contributed by atoms with Gasteiger partial charge in [-0.2, -0.15) is 13.2 Å². The highest BCUT2D eigenvalue weighted by atomic mass is 35.5. The summed E-state index contributed by atoms with van der Waals surface area (Å²) in [7, 11) is 0. The van der Waals surface area contributed by atoms with Gasteiger partial charge in [0.05, 0.1) is 5.92 Å². The molecule has 0 aliphatic heterocycles. The number of hydrogen-bond donors (Lipinski definition) is 2. The number of carbonyl (C=O) groups is 1. The molecule has 0 spiro atoms. The number of nitrogens with one attached hydrogen (secondary N) is 1. The number of halogens is 4. The minimum Gasteiger partial charge on any atom is -0.484 e. The van der Waals surface area contributed by atoms with Crippen molar-refractivity contribution in [3.63, 3.8) is 0 Å². The highest BCUT2D eigenvalue weighted by Crippen LogP contribution is 2.47. The molecule has 2 fully saturated rings. The fraction of sp³-hybridized carbons (Fsp3) is 0.562. The van der Waals surface area contributed by atoms with E-state index in [9.17, 15) is 18.0 Å². The van der Waals surface area contributed by atoms with Crippen molar-refractivity contribution in [2.75, 3.05) is 11.9 Å². The zero-order valence-electron chi connectivity index (χ0n) is 12.9. The molecule has 4 nitrogen and oxygen atoms in total. The van der Waals surface area contributed by atoms with E-state index in [0.717, 1.165) is 19.3 Å². The van der Waals surface area contributed by atoms with Crippen LogP contribution in [-0.2, 0) is 4.79 Å². The third-order valence-corrected chi connectivity index (χ3v) is 4.79. The summed E-state index contributed by atoms with van der Waals surface area (Å²) in [5.41, 5.74) is 6.55. The number of rotatable bonds is 4. The summed E-state index contributed by atoms with van der Waals surface area (Å²) in [4.78, 5) is 12.4. The molecule has 4 unspecified atom stereocenters. The Kier molecular flexibility index (Phi) is 5.65. The van der Waals surface area contributed by atoms with E-state index in [1.54, 1.807) is 12.1 Å². The van der Waals surface area contributed by atoms with Crippen LogP contribution in [-0.4, -0.2) is 24.7 Å². The van der Waals surface area contributed by atoms with E-state index >= 15 is 0 Å². The molecule has 3 rings (SSSR count). The van der Waals surface area contributed by atoms with Gasteiger partial charge in [-0.25, -0.2) is 0 Å². The van der Waals surface area contributed by atoms with Gasteiger partial charge in [0.2, 0.25) is 5.91 Å². The molecule has 24 heavy (non-hydrogen) atoms. The highest BCUT2D eigenvalue weighted by Gasteiger charge is 2.49. The largest absolute Gasteiger partial charge is 0.484 e. The first kappa shape index (κ1) is 18.9. The number of hydrogen-bond acceptors (Lipinski definition) is 3. The van der Waals surface area contributed by atoms with Gasteiger partial charge >= 0.3 is 6.18 Å². The van der Waals surface area contributed by atoms with Crippen LogP contribution in [0.2, 0.25) is 0 Å². The van der Waals surface area contributed by atoms with Gasteiger partial charge < -0.3 is 15.8 Å². The van der Waals surface area contributed by atoms with Crippen LogP contribution in [0.3, 0.4) is 0 Å². The van der Waals surface area contributed by atoms with E-state index in [1.165, 1.54) is 12.1 Å². The SMILES string of the molecule is Cl.NC1C2CCC(C2)C1C(=O)Nc1cccc(OCC(F)(F)F)c1. The number of anilines is 1. The molecule has 2 aliphatic rings. The summed E-state index contributed by atoms with van der Waals surface area (Å²) in [5.74, 6) is 0.431. The molecule has 0 saturated heterocycles. The first-order chi connectivity index (χ1) is 10.8. The quantitative estimate of drug-likeness (QED) is 0.861. The molecule has 2 bridgehead atoms. The fourth-order valence-electron chi connectivity index (χ4n) is 3.78. The molecule has 0 aromatic heterocycles. The monoisotopic (exact) mass is 364 g/mol. The van der Waals surface area contributed by atoms with Crippen LogP contribution in [0.5, 0.6) is 5.75 Å². The molecule has 0 heterocycles. The van der Waals surface area contributed by atoms with Crippen molar-refractivity contribution in [3.05, 3.63) is 24.3 Å². The Labute approximate surface area is 144 Å². The summed E-state index contributed by atoms with van der Waals surface area (Å²) in [6.07, 6.45) is -1.30. The Morgan fingerprint density at radius 3 is 2.62 bits per heavy atom. The van der Waals surface area contributed by atoms with E-state index in [1.807, 2.05) is 0 Å². The van der Waals surface area contributed by atoms with Crippen molar-refractivity contribution in [2.24, 2.45) is 23.5 Å². The van der Waals surface area contributed by atoms with Gasteiger partial charge in [0, 0.05) is 17.8 Å². The third-order valence-electron chi connectivity index (χ3n) is 4.79. The van der Waals surface area contributed by atoms with Gasteiger partial charge in [0.15, 0.2) is 6.61 Å². The van der Waals surface area contributed by atoms with Gasteiger partial charge in [-0.15, -0.1) is 12.4 Å². The molecular weight excluding hydrogens is 345 g/mol. The van der Waals surface area contributed by atoms with Crippen molar-refractivity contribution >= 4 is 24.0 Å². The van der Waals surface area contributed by atoms with Crippen molar-refractivity contribution in [1.29, 1.82) is 0 Å². The lowest BCUT2D eigenvalue weighted by atomic mass is 9.84. The average Bonchev–Trinajstić information content (AvgIpc) is 3.05. The Morgan fingerprint density at radius 2 is 2.00 bits per heavy atom. The van der Waals surface area contributed by atoms with Gasteiger partial charge in [0.25, 0.3) is 0 Å². The molecule has 1 aromatic rings. The van der Waals surface area contributed by atoms with Crippen molar-refractivity contribution in [3.8, 4) is 5.75 Å². The van der Waals surface area contributed by atoms with Gasteiger partial charge in [-0.05, 0) is 43.2 Å². The average molecular weight is 365 g/mol. The number of benzene rings is 1. The minimum absolute atomic E-state index is 0. The standard InChI is InChI=1S/C16H19F3N2O2.ClH/c17-16(18,19)8-23-12-3-1-2-11(7-12)21-15(22)13-9-4-5-10(6-9)14(13)20;/h1-3,7,9-10,13-14H,4-6,8,20H2,(H,21,22);1H. The number of nitrogens with two attached hydrogens (primary N) is 1. The van der Waals surface area contributed by atoms with Crippen LogP contribution >= 0.6 is 12.4 Å². The van der Waals surface area contributed by atoms with Crippen molar-refractivity contribution < 1.29 is 22.7 Å². The summed E-state index contributed by atoms with van der Waals surface area (Å²) >= 11 is 0. The van der Waals surface area contributed by atoms with E-state index in [4.69, 9.17) is 5.73 Å². The maximum absolute atomic E-state index is 12.4. The second kappa shape index (κ2) is 7.19. The molecular formula is C16H20ClF3N2O2. The second-order valence-corrected chi connectivity index (χ2v) is 6.36. The summed E-state index contributed by atoms with van der Waals surface area (Å²) in [6.45, 7) is -1.36. The van der Waals surface area contributed by atoms with E-state index < -0.39 is 12.8 Å². The normalized spacial score (nSPS) is 28.3. The molecule has 2 aliphatic carbocycles. The number of carbonyl (C=O) groups excluding carboxylic acids is 1. The van der Waals surface area contributed by atoms with Crippen LogP contribution in [0.25, 0.3) is 0 Å². The first-order valence-corrected chi connectivity index (χ1v) is 7.69. The smallest absolute Gasteiger partial charge is 0.422 e. The van der Waals surface area contributed by atoms with Crippen LogP contribution < -0.4 is 15.8 Å². The molecule has 1 aromatic carbocycles.